The molecule has 0 atom stereocenters. The fourth-order valence-corrected chi connectivity index (χ4v) is 5.43. The molecule has 5 rings (SSSR count). The summed E-state index contributed by atoms with van der Waals surface area (Å²) in [6.07, 6.45) is -4.67. The third-order valence-electron chi connectivity index (χ3n) is 5.93. The minimum atomic E-state index is -4.67. The molecule has 4 aromatic rings. The van der Waals surface area contributed by atoms with E-state index in [9.17, 15) is 27.9 Å². The quantitative estimate of drug-likeness (QED) is 0.356. The Morgan fingerprint density at radius 1 is 1.09 bits per heavy atom. The van der Waals surface area contributed by atoms with Gasteiger partial charge in [-0.1, -0.05) is 49.3 Å². The van der Waals surface area contributed by atoms with Crippen LogP contribution < -0.4 is 11.2 Å². The average Bonchev–Trinajstić information content (AvgIpc) is 2.97. The van der Waals surface area contributed by atoms with Crippen molar-refractivity contribution in [2.45, 2.75) is 35.2 Å². The highest BCUT2D eigenvalue weighted by molar-refractivity contribution is 7.99. The molecule has 5 nitrogen and oxygen atoms in total. The summed E-state index contributed by atoms with van der Waals surface area (Å²) in [5, 5.41) is 11.1. The molecule has 3 heterocycles. The number of rotatable bonds is 2. The number of benzene rings is 2. The van der Waals surface area contributed by atoms with Gasteiger partial charge < -0.3 is 9.52 Å². The van der Waals surface area contributed by atoms with Crippen LogP contribution in [0.5, 0.6) is 5.75 Å². The maximum absolute atomic E-state index is 13.5. The molecule has 1 N–H and O–H groups in total. The first kappa shape index (κ1) is 22.6. The van der Waals surface area contributed by atoms with Gasteiger partial charge in [0, 0.05) is 27.1 Å². The minimum Gasteiger partial charge on any atom is -0.505 e. The van der Waals surface area contributed by atoms with Gasteiger partial charge in [0.1, 0.15) is 15.9 Å². The Balaban J connectivity index is 1.77. The number of alkyl halides is 3. The van der Waals surface area contributed by atoms with E-state index in [4.69, 9.17) is 16.0 Å². The van der Waals surface area contributed by atoms with E-state index >= 15 is 0 Å². The van der Waals surface area contributed by atoms with Gasteiger partial charge in [-0.3, -0.25) is 9.36 Å². The van der Waals surface area contributed by atoms with Gasteiger partial charge >= 0.3 is 11.8 Å². The fourth-order valence-electron chi connectivity index (χ4n) is 4.27. The second-order valence-corrected chi connectivity index (χ2v) is 9.85. The first-order valence-electron chi connectivity index (χ1n) is 10.0. The van der Waals surface area contributed by atoms with Crippen LogP contribution in [0.4, 0.5) is 13.2 Å². The van der Waals surface area contributed by atoms with Crippen LogP contribution in [-0.4, -0.2) is 9.67 Å². The minimum absolute atomic E-state index is 0.154. The first-order valence-corrected chi connectivity index (χ1v) is 11.2. The van der Waals surface area contributed by atoms with Crippen molar-refractivity contribution in [2.24, 2.45) is 0 Å². The second kappa shape index (κ2) is 7.41. The Morgan fingerprint density at radius 3 is 2.50 bits per heavy atom. The van der Waals surface area contributed by atoms with Crippen LogP contribution in [0.15, 0.2) is 72.3 Å². The number of halogens is 4. The molecule has 0 aliphatic carbocycles. The largest absolute Gasteiger partial charge is 0.505 e. The predicted octanol–water partition coefficient (Wildman–Crippen LogP) is 6.11. The van der Waals surface area contributed by atoms with Crippen molar-refractivity contribution in [1.29, 1.82) is 0 Å². The first-order chi connectivity index (χ1) is 15.9. The number of hydrogen-bond acceptors (Lipinski definition) is 5. The maximum Gasteiger partial charge on any atom is 0.417 e. The molecule has 1 aliphatic rings. The topological polar surface area (TPSA) is 72.4 Å². The van der Waals surface area contributed by atoms with Crippen molar-refractivity contribution in [3.63, 3.8) is 0 Å². The van der Waals surface area contributed by atoms with Crippen molar-refractivity contribution in [3.05, 3.63) is 91.1 Å². The van der Waals surface area contributed by atoms with Gasteiger partial charge in [0.15, 0.2) is 5.75 Å². The highest BCUT2D eigenvalue weighted by atomic mass is 35.5. The Labute approximate surface area is 199 Å². The fraction of sp³-hybridized carbons (Fsp3) is 0.167. The predicted molar refractivity (Wildman–Crippen MR) is 122 cm³/mol. The summed E-state index contributed by atoms with van der Waals surface area (Å²) >= 11 is 6.55. The van der Waals surface area contributed by atoms with Crippen LogP contribution in [0, 0.1) is 0 Å². The summed E-state index contributed by atoms with van der Waals surface area (Å²) in [5.41, 5.74) is -1.66. The lowest BCUT2D eigenvalue weighted by Crippen LogP contribution is -2.24. The molecule has 0 saturated heterocycles. The third kappa shape index (κ3) is 3.25. The van der Waals surface area contributed by atoms with E-state index in [1.807, 2.05) is 13.8 Å². The smallest absolute Gasteiger partial charge is 0.417 e. The number of aromatic nitrogens is 1. The molecule has 1 aliphatic heterocycles. The van der Waals surface area contributed by atoms with Gasteiger partial charge in [0.25, 0.3) is 5.56 Å². The highest BCUT2D eigenvalue weighted by Crippen LogP contribution is 2.45. The lowest BCUT2D eigenvalue weighted by Gasteiger charge is -2.20. The lowest BCUT2D eigenvalue weighted by molar-refractivity contribution is -0.139. The SMILES string of the molecule is CC1(C)c2cc(Cl)ccc2-n2c1cc1oc(=O)c(Sc3ccccc3C(F)(F)F)c(O)c1c2=O. The summed E-state index contributed by atoms with van der Waals surface area (Å²) in [6, 6.07) is 11.2. The molecule has 2 aromatic carbocycles. The van der Waals surface area contributed by atoms with Gasteiger partial charge in [-0.25, -0.2) is 4.79 Å². The lowest BCUT2D eigenvalue weighted by atomic mass is 9.83. The molecule has 10 heteroatoms. The second-order valence-electron chi connectivity index (χ2n) is 8.36. The van der Waals surface area contributed by atoms with Crippen molar-refractivity contribution in [1.82, 2.24) is 4.57 Å². The maximum atomic E-state index is 13.5. The summed E-state index contributed by atoms with van der Waals surface area (Å²) in [6.45, 7) is 3.76. The molecule has 0 amide bonds. The Bertz CT molecular complexity index is 1620. The summed E-state index contributed by atoms with van der Waals surface area (Å²) < 4.78 is 47.0. The van der Waals surface area contributed by atoms with Gasteiger partial charge in [0.05, 0.1) is 11.3 Å². The summed E-state index contributed by atoms with van der Waals surface area (Å²) in [4.78, 5) is 25.4. The Hall–Kier alpha value is -3.17. The van der Waals surface area contributed by atoms with Crippen molar-refractivity contribution in [3.8, 4) is 11.4 Å². The Morgan fingerprint density at radius 2 is 1.79 bits per heavy atom. The van der Waals surface area contributed by atoms with E-state index in [1.54, 1.807) is 18.2 Å². The van der Waals surface area contributed by atoms with E-state index in [-0.39, 0.29) is 15.9 Å². The van der Waals surface area contributed by atoms with Crippen molar-refractivity contribution in [2.75, 3.05) is 0 Å². The van der Waals surface area contributed by atoms with Gasteiger partial charge in [-0.05, 0) is 35.9 Å². The number of pyridine rings is 1. The normalized spacial score (nSPS) is 14.3. The zero-order chi connectivity index (χ0) is 24.6. The van der Waals surface area contributed by atoms with E-state index in [2.05, 4.69) is 0 Å². The molecule has 0 unspecified atom stereocenters. The molecular weight excluding hydrogens is 491 g/mol. The van der Waals surface area contributed by atoms with Crippen LogP contribution in [0.25, 0.3) is 16.7 Å². The molecular formula is C24H15ClF3NO4S. The molecule has 0 fully saturated rings. The zero-order valence-corrected chi connectivity index (χ0v) is 19.2. The third-order valence-corrected chi connectivity index (χ3v) is 7.30. The van der Waals surface area contributed by atoms with E-state index in [0.717, 1.165) is 11.6 Å². The highest BCUT2D eigenvalue weighted by Gasteiger charge is 2.39. The van der Waals surface area contributed by atoms with Crippen LogP contribution in [-0.2, 0) is 11.6 Å². The van der Waals surface area contributed by atoms with Crippen LogP contribution in [0.1, 0.15) is 30.7 Å². The Kier molecular flexibility index (Phi) is 4.93. The molecule has 0 radical (unpaired) electrons. The summed E-state index contributed by atoms with van der Waals surface area (Å²) in [5.74, 6) is -0.728. The number of nitrogens with zero attached hydrogens (tertiary/aromatic N) is 1. The van der Waals surface area contributed by atoms with E-state index < -0.39 is 39.0 Å². The number of aromatic hydroxyl groups is 1. The number of hydrogen-bond donors (Lipinski definition) is 1. The van der Waals surface area contributed by atoms with Crippen molar-refractivity contribution >= 4 is 34.3 Å². The van der Waals surface area contributed by atoms with Gasteiger partial charge in [-0.15, -0.1) is 0 Å². The van der Waals surface area contributed by atoms with Crippen LogP contribution in [0.3, 0.4) is 0 Å². The van der Waals surface area contributed by atoms with Crippen molar-refractivity contribution < 1.29 is 22.7 Å². The molecule has 0 saturated carbocycles. The molecule has 0 spiro atoms. The molecule has 0 bridgehead atoms. The molecule has 2 aromatic heterocycles. The standard InChI is InChI=1S/C24H15ClF3NO4S/c1-23(2)13-9-11(25)7-8-14(13)29-17(23)10-15-18(21(29)31)19(30)20(22(32)33-15)34-16-6-4-3-5-12(16)24(26,27)28/h3-10,30H,1-2H3. The van der Waals surface area contributed by atoms with E-state index in [1.165, 1.54) is 28.8 Å². The zero-order valence-electron chi connectivity index (χ0n) is 17.7. The molecule has 34 heavy (non-hydrogen) atoms. The summed E-state index contributed by atoms with van der Waals surface area (Å²) in [7, 11) is 0. The average molecular weight is 506 g/mol. The van der Waals surface area contributed by atoms with E-state index in [0.29, 0.717) is 28.2 Å². The number of fused-ring (bicyclic) bond motifs is 4. The van der Waals surface area contributed by atoms with Gasteiger partial charge in [0.2, 0.25) is 0 Å². The van der Waals surface area contributed by atoms with Crippen LogP contribution in [0.2, 0.25) is 5.02 Å². The van der Waals surface area contributed by atoms with Gasteiger partial charge in [-0.2, -0.15) is 13.2 Å². The monoisotopic (exact) mass is 505 g/mol. The van der Waals surface area contributed by atoms with Crippen LogP contribution >= 0.6 is 23.4 Å². The molecule has 174 valence electrons.